The number of benzene rings is 1. The molecule has 8 nitrogen and oxygen atoms in total. The monoisotopic (exact) mass is 300 g/mol. The summed E-state index contributed by atoms with van der Waals surface area (Å²) in [6.45, 7) is 0.0917. The third kappa shape index (κ3) is 2.14. The number of aromatic nitrogens is 4. The molecule has 0 radical (unpaired) electrons. The first-order valence-electron chi connectivity index (χ1n) is 6.57. The topological polar surface area (TPSA) is 107 Å². The van der Waals surface area contributed by atoms with Gasteiger partial charge in [-0.1, -0.05) is 12.1 Å². The molecule has 112 valence electrons. The van der Waals surface area contributed by atoms with Crippen molar-refractivity contribution in [3.05, 3.63) is 45.1 Å². The lowest BCUT2D eigenvalue weighted by Gasteiger charge is -2.16. The van der Waals surface area contributed by atoms with E-state index in [1.54, 1.807) is 28.8 Å². The lowest BCUT2D eigenvalue weighted by molar-refractivity contribution is -0.137. The fraction of sp³-hybridized carbons (Fsp3) is 0.214. The van der Waals surface area contributed by atoms with Crippen LogP contribution in [0, 0.1) is 0 Å². The smallest absolute Gasteiger partial charge is 0.352 e. The fourth-order valence-corrected chi connectivity index (χ4v) is 2.30. The van der Waals surface area contributed by atoms with Crippen LogP contribution in [-0.4, -0.2) is 30.2 Å². The van der Waals surface area contributed by atoms with Gasteiger partial charge in [0.25, 0.3) is 5.56 Å². The standard InChI is InChI=1S/C14H12N4O4/c1-17-13(21)11-12(16-14(17)22)18(7-6-10(19)20)9-5-3-2-4-8(9)15-11/h2-5H,6-7H2,1H3,(H,19,20). The number of para-hydroxylation sites is 2. The SMILES string of the molecule is Cn1c(=O)nc2n(CCC(=O)O)c3ccccc3nc-2c1=O. The highest BCUT2D eigenvalue weighted by Crippen LogP contribution is 2.20. The predicted octanol–water partition coefficient (Wildman–Crippen LogP) is 0.0697. The van der Waals surface area contributed by atoms with Crippen molar-refractivity contribution in [2.24, 2.45) is 7.05 Å². The minimum absolute atomic E-state index is 0.0474. The summed E-state index contributed by atoms with van der Waals surface area (Å²) in [5.41, 5.74) is -0.0380. The number of hydrogen-bond acceptors (Lipinski definition) is 5. The molecule has 0 aliphatic carbocycles. The van der Waals surface area contributed by atoms with Crippen molar-refractivity contribution < 1.29 is 9.90 Å². The van der Waals surface area contributed by atoms with E-state index in [-0.39, 0.29) is 24.5 Å². The minimum atomic E-state index is -0.979. The second-order valence-corrected chi connectivity index (χ2v) is 4.83. The van der Waals surface area contributed by atoms with Crippen molar-refractivity contribution in [3.63, 3.8) is 0 Å². The molecule has 0 saturated carbocycles. The van der Waals surface area contributed by atoms with Crippen molar-refractivity contribution in [3.8, 4) is 11.5 Å². The number of nitrogens with zero attached hydrogens (tertiary/aromatic N) is 4. The number of aryl methyl sites for hydroxylation is 1. The summed E-state index contributed by atoms with van der Waals surface area (Å²) in [5, 5.41) is 8.90. The summed E-state index contributed by atoms with van der Waals surface area (Å²) in [6, 6.07) is 7.00. The van der Waals surface area contributed by atoms with Crippen LogP contribution in [0.25, 0.3) is 22.6 Å². The summed E-state index contributed by atoms with van der Waals surface area (Å²) in [5.74, 6) is -0.874. The Labute approximate surface area is 123 Å². The molecule has 2 aliphatic heterocycles. The van der Waals surface area contributed by atoms with Gasteiger partial charge in [-0.15, -0.1) is 0 Å². The van der Waals surface area contributed by atoms with Crippen LogP contribution in [0.15, 0.2) is 33.9 Å². The van der Waals surface area contributed by atoms with E-state index < -0.39 is 17.2 Å². The Balaban J connectivity index is 2.42. The lowest BCUT2D eigenvalue weighted by Crippen LogP contribution is -2.36. The van der Waals surface area contributed by atoms with Crippen molar-refractivity contribution in [1.82, 2.24) is 19.1 Å². The van der Waals surface area contributed by atoms with E-state index in [0.717, 1.165) is 4.57 Å². The predicted molar refractivity (Wildman–Crippen MR) is 77.9 cm³/mol. The summed E-state index contributed by atoms with van der Waals surface area (Å²) in [4.78, 5) is 43.0. The van der Waals surface area contributed by atoms with Crippen LogP contribution >= 0.6 is 0 Å². The largest absolute Gasteiger partial charge is 0.481 e. The number of carboxylic acid groups (broad SMARTS) is 1. The van der Waals surface area contributed by atoms with Gasteiger partial charge in [0.1, 0.15) is 0 Å². The molecule has 22 heavy (non-hydrogen) atoms. The number of rotatable bonds is 3. The molecule has 0 atom stereocenters. The Hall–Kier alpha value is -3.03. The van der Waals surface area contributed by atoms with Gasteiger partial charge in [-0.3, -0.25) is 14.2 Å². The van der Waals surface area contributed by atoms with Gasteiger partial charge in [0, 0.05) is 13.6 Å². The molecule has 0 bridgehead atoms. The van der Waals surface area contributed by atoms with Crippen molar-refractivity contribution in [2.75, 3.05) is 0 Å². The first kappa shape index (κ1) is 13.9. The van der Waals surface area contributed by atoms with E-state index >= 15 is 0 Å². The number of aliphatic carboxylic acids is 1. The Kier molecular flexibility index (Phi) is 3.21. The Morgan fingerprint density at radius 3 is 2.68 bits per heavy atom. The first-order valence-corrected chi connectivity index (χ1v) is 6.57. The molecule has 1 N–H and O–H groups in total. The van der Waals surface area contributed by atoms with Crippen LogP contribution in [0.1, 0.15) is 6.42 Å². The Bertz CT molecular complexity index is 973. The molecule has 0 saturated heterocycles. The zero-order valence-corrected chi connectivity index (χ0v) is 11.7. The average Bonchev–Trinajstić information content (AvgIpc) is 2.50. The minimum Gasteiger partial charge on any atom is -0.481 e. The van der Waals surface area contributed by atoms with Gasteiger partial charge in [0.2, 0.25) is 0 Å². The van der Waals surface area contributed by atoms with E-state index in [2.05, 4.69) is 9.97 Å². The molecule has 2 heterocycles. The van der Waals surface area contributed by atoms with Gasteiger partial charge in [-0.2, -0.15) is 4.98 Å². The van der Waals surface area contributed by atoms with Gasteiger partial charge < -0.3 is 9.67 Å². The number of fused-ring (bicyclic) bond motifs is 2. The third-order valence-corrected chi connectivity index (χ3v) is 3.42. The summed E-state index contributed by atoms with van der Waals surface area (Å²) >= 11 is 0. The van der Waals surface area contributed by atoms with Crippen molar-refractivity contribution >= 4 is 17.0 Å². The molecule has 2 aliphatic rings. The van der Waals surface area contributed by atoms with Gasteiger partial charge in [0.15, 0.2) is 11.5 Å². The molecule has 3 rings (SSSR count). The van der Waals surface area contributed by atoms with E-state index in [9.17, 15) is 14.4 Å². The van der Waals surface area contributed by atoms with Crippen LogP contribution in [0.3, 0.4) is 0 Å². The van der Waals surface area contributed by atoms with Crippen LogP contribution in [-0.2, 0) is 18.4 Å². The summed E-state index contributed by atoms with van der Waals surface area (Å²) in [6.07, 6.45) is -0.154. The average molecular weight is 300 g/mol. The van der Waals surface area contributed by atoms with E-state index in [0.29, 0.717) is 11.0 Å². The summed E-state index contributed by atoms with van der Waals surface area (Å²) in [7, 11) is 1.33. The maximum Gasteiger partial charge on any atom is 0.352 e. The van der Waals surface area contributed by atoms with E-state index in [1.165, 1.54) is 7.05 Å². The van der Waals surface area contributed by atoms with E-state index in [4.69, 9.17) is 5.11 Å². The highest BCUT2D eigenvalue weighted by atomic mass is 16.4. The quantitative estimate of drug-likeness (QED) is 0.686. The number of carboxylic acids is 1. The first-order chi connectivity index (χ1) is 10.5. The normalized spacial score (nSPS) is 11.1. The van der Waals surface area contributed by atoms with Gasteiger partial charge in [0.05, 0.1) is 17.5 Å². The van der Waals surface area contributed by atoms with Crippen LogP contribution < -0.4 is 11.2 Å². The highest BCUT2D eigenvalue weighted by Gasteiger charge is 2.20. The van der Waals surface area contributed by atoms with Crippen LogP contribution in [0.2, 0.25) is 0 Å². The molecule has 0 unspecified atom stereocenters. The van der Waals surface area contributed by atoms with Crippen molar-refractivity contribution in [2.45, 2.75) is 13.0 Å². The lowest BCUT2D eigenvalue weighted by atomic mass is 10.2. The fourth-order valence-electron chi connectivity index (χ4n) is 2.30. The maximum absolute atomic E-state index is 12.2. The maximum atomic E-state index is 12.2. The second kappa shape index (κ2) is 5.06. The molecular formula is C14H12N4O4. The Morgan fingerprint density at radius 1 is 1.23 bits per heavy atom. The molecule has 1 aromatic carbocycles. The van der Waals surface area contributed by atoms with Gasteiger partial charge >= 0.3 is 11.7 Å². The van der Waals surface area contributed by atoms with Gasteiger partial charge in [-0.05, 0) is 12.1 Å². The van der Waals surface area contributed by atoms with Crippen LogP contribution in [0.4, 0.5) is 0 Å². The zero-order chi connectivity index (χ0) is 15.9. The molecule has 1 aromatic rings. The molecule has 0 aromatic heterocycles. The molecule has 0 fully saturated rings. The van der Waals surface area contributed by atoms with E-state index in [1.807, 2.05) is 0 Å². The highest BCUT2D eigenvalue weighted by molar-refractivity contribution is 5.79. The molecule has 0 amide bonds. The number of carbonyl (C=O) groups is 1. The molecule has 8 heteroatoms. The molecular weight excluding hydrogens is 288 g/mol. The van der Waals surface area contributed by atoms with Gasteiger partial charge in [-0.25, -0.2) is 9.78 Å². The van der Waals surface area contributed by atoms with Crippen molar-refractivity contribution in [1.29, 1.82) is 0 Å². The van der Waals surface area contributed by atoms with Crippen LogP contribution in [0.5, 0.6) is 0 Å². The Morgan fingerprint density at radius 2 is 1.95 bits per heavy atom. The third-order valence-electron chi connectivity index (χ3n) is 3.42. The second-order valence-electron chi connectivity index (χ2n) is 4.83. The summed E-state index contributed by atoms with van der Waals surface area (Å²) < 4.78 is 2.43. The number of hydrogen-bond donors (Lipinski definition) is 1. The zero-order valence-electron chi connectivity index (χ0n) is 11.7. The molecule has 0 spiro atoms.